The standard InChI is InChI=1S/C17H21NO3/c1-17(2,3)14-10-11(8-9-15(19)20)12-6-5-7-13(21-4)16(12)18-14/h5-7,10H,8-9H2,1-4H3,(H,19,20). The molecule has 0 aliphatic heterocycles. The van der Waals surface area contributed by atoms with Gasteiger partial charge in [0.15, 0.2) is 0 Å². The second-order valence-electron chi connectivity index (χ2n) is 6.17. The first kappa shape index (κ1) is 15.3. The number of ether oxygens (including phenoxy) is 1. The average Bonchev–Trinajstić information content (AvgIpc) is 2.42. The van der Waals surface area contributed by atoms with Crippen molar-refractivity contribution in [3.63, 3.8) is 0 Å². The quantitative estimate of drug-likeness (QED) is 0.934. The number of aromatic nitrogens is 1. The molecule has 0 unspecified atom stereocenters. The van der Waals surface area contributed by atoms with E-state index >= 15 is 0 Å². The molecule has 4 nitrogen and oxygen atoms in total. The highest BCUT2D eigenvalue weighted by Gasteiger charge is 2.19. The van der Waals surface area contributed by atoms with E-state index in [4.69, 9.17) is 14.8 Å². The average molecular weight is 287 g/mol. The molecule has 0 aliphatic carbocycles. The maximum atomic E-state index is 10.9. The van der Waals surface area contributed by atoms with Gasteiger partial charge in [-0.3, -0.25) is 4.79 Å². The number of hydrogen-bond acceptors (Lipinski definition) is 3. The van der Waals surface area contributed by atoms with E-state index in [9.17, 15) is 4.79 Å². The van der Waals surface area contributed by atoms with Gasteiger partial charge in [0.25, 0.3) is 0 Å². The van der Waals surface area contributed by atoms with Crippen molar-refractivity contribution in [1.82, 2.24) is 4.98 Å². The summed E-state index contributed by atoms with van der Waals surface area (Å²) in [5, 5.41) is 9.90. The molecule has 0 bridgehead atoms. The number of carboxylic acids is 1. The van der Waals surface area contributed by atoms with E-state index in [1.807, 2.05) is 24.3 Å². The summed E-state index contributed by atoms with van der Waals surface area (Å²) in [5.74, 6) is -0.0738. The molecule has 1 aromatic heterocycles. The minimum absolute atomic E-state index is 0.104. The Morgan fingerprint density at radius 2 is 2.05 bits per heavy atom. The Morgan fingerprint density at radius 1 is 1.33 bits per heavy atom. The fourth-order valence-corrected chi connectivity index (χ4v) is 2.29. The van der Waals surface area contributed by atoms with Crippen LogP contribution < -0.4 is 4.74 Å². The first-order chi connectivity index (χ1) is 9.82. The Bertz CT molecular complexity index is 672. The van der Waals surface area contributed by atoms with Crippen LogP contribution in [0.3, 0.4) is 0 Å². The number of benzene rings is 1. The number of aryl methyl sites for hydroxylation is 1. The first-order valence-electron chi connectivity index (χ1n) is 7.02. The predicted molar refractivity (Wildman–Crippen MR) is 83.0 cm³/mol. The van der Waals surface area contributed by atoms with Crippen molar-refractivity contribution in [2.24, 2.45) is 0 Å². The molecule has 112 valence electrons. The third-order valence-corrected chi connectivity index (χ3v) is 3.48. The molecule has 0 saturated heterocycles. The summed E-state index contributed by atoms with van der Waals surface area (Å²) in [6, 6.07) is 7.77. The summed E-state index contributed by atoms with van der Waals surface area (Å²) in [4.78, 5) is 15.6. The van der Waals surface area contributed by atoms with Gasteiger partial charge < -0.3 is 9.84 Å². The van der Waals surface area contributed by atoms with Crippen molar-refractivity contribution < 1.29 is 14.6 Å². The highest BCUT2D eigenvalue weighted by molar-refractivity contribution is 5.88. The van der Waals surface area contributed by atoms with Crippen LogP contribution in [0.2, 0.25) is 0 Å². The number of methoxy groups -OCH3 is 1. The zero-order valence-corrected chi connectivity index (χ0v) is 12.9. The lowest BCUT2D eigenvalue weighted by Crippen LogP contribution is -2.14. The van der Waals surface area contributed by atoms with E-state index in [1.165, 1.54) is 0 Å². The Hall–Kier alpha value is -2.10. The zero-order chi connectivity index (χ0) is 15.6. The van der Waals surface area contributed by atoms with Gasteiger partial charge in [0.1, 0.15) is 11.3 Å². The normalized spacial score (nSPS) is 11.6. The van der Waals surface area contributed by atoms with Gasteiger partial charge in [-0.05, 0) is 24.1 Å². The highest BCUT2D eigenvalue weighted by Crippen LogP contribution is 2.31. The van der Waals surface area contributed by atoms with Crippen LogP contribution in [0, 0.1) is 0 Å². The maximum absolute atomic E-state index is 10.9. The van der Waals surface area contributed by atoms with Gasteiger partial charge in [-0.2, -0.15) is 0 Å². The van der Waals surface area contributed by atoms with E-state index in [-0.39, 0.29) is 11.8 Å². The third-order valence-electron chi connectivity index (χ3n) is 3.48. The van der Waals surface area contributed by atoms with Crippen molar-refractivity contribution in [1.29, 1.82) is 0 Å². The smallest absolute Gasteiger partial charge is 0.303 e. The summed E-state index contributed by atoms with van der Waals surface area (Å²) in [5.41, 5.74) is 2.64. The molecule has 0 aliphatic rings. The van der Waals surface area contributed by atoms with E-state index in [1.54, 1.807) is 7.11 Å². The molecular formula is C17H21NO3. The summed E-state index contributed by atoms with van der Waals surface area (Å²) in [6.07, 6.45) is 0.602. The number of carboxylic acid groups (broad SMARTS) is 1. The van der Waals surface area contributed by atoms with Crippen molar-refractivity contribution in [2.45, 2.75) is 39.0 Å². The Labute approximate surface area is 124 Å². The van der Waals surface area contributed by atoms with Crippen molar-refractivity contribution in [2.75, 3.05) is 7.11 Å². The molecular weight excluding hydrogens is 266 g/mol. The third kappa shape index (κ3) is 3.32. The SMILES string of the molecule is COc1cccc2c(CCC(=O)O)cc(C(C)(C)C)nc12. The molecule has 2 aromatic rings. The van der Waals surface area contributed by atoms with Crippen molar-refractivity contribution in [3.05, 3.63) is 35.5 Å². The summed E-state index contributed by atoms with van der Waals surface area (Å²) < 4.78 is 5.40. The van der Waals surface area contributed by atoms with Crippen LogP contribution in [0.15, 0.2) is 24.3 Å². The van der Waals surface area contributed by atoms with Crippen LogP contribution in [0.25, 0.3) is 10.9 Å². The van der Waals surface area contributed by atoms with Gasteiger partial charge in [-0.15, -0.1) is 0 Å². The molecule has 4 heteroatoms. The van der Waals surface area contributed by atoms with Crippen molar-refractivity contribution >= 4 is 16.9 Å². The van der Waals surface area contributed by atoms with Gasteiger partial charge in [0, 0.05) is 22.9 Å². The number of carbonyl (C=O) groups is 1. The molecule has 21 heavy (non-hydrogen) atoms. The van der Waals surface area contributed by atoms with Gasteiger partial charge in [0.05, 0.1) is 7.11 Å². The zero-order valence-electron chi connectivity index (χ0n) is 12.9. The second-order valence-corrected chi connectivity index (χ2v) is 6.17. The maximum Gasteiger partial charge on any atom is 0.303 e. The molecule has 0 amide bonds. The summed E-state index contributed by atoms with van der Waals surface area (Å²) in [6.45, 7) is 6.28. The molecule has 1 heterocycles. The van der Waals surface area contributed by atoms with Gasteiger partial charge in [-0.1, -0.05) is 32.9 Å². The number of hydrogen-bond donors (Lipinski definition) is 1. The van der Waals surface area contributed by atoms with Gasteiger partial charge in [-0.25, -0.2) is 4.98 Å². The monoisotopic (exact) mass is 287 g/mol. The fourth-order valence-electron chi connectivity index (χ4n) is 2.29. The second kappa shape index (κ2) is 5.72. The lowest BCUT2D eigenvalue weighted by Gasteiger charge is -2.20. The highest BCUT2D eigenvalue weighted by atomic mass is 16.5. The van der Waals surface area contributed by atoms with E-state index < -0.39 is 5.97 Å². The van der Waals surface area contributed by atoms with Crippen LogP contribution in [0.4, 0.5) is 0 Å². The molecule has 0 atom stereocenters. The summed E-state index contributed by atoms with van der Waals surface area (Å²) >= 11 is 0. The van der Waals surface area contributed by atoms with E-state index in [0.717, 1.165) is 27.9 Å². The fraction of sp³-hybridized carbons (Fsp3) is 0.412. The minimum atomic E-state index is -0.792. The molecule has 1 N–H and O–H groups in total. The molecule has 1 aromatic carbocycles. The van der Waals surface area contributed by atoms with Crippen LogP contribution in [0.5, 0.6) is 5.75 Å². The van der Waals surface area contributed by atoms with Gasteiger partial charge in [0.2, 0.25) is 0 Å². The topological polar surface area (TPSA) is 59.4 Å². The number of aliphatic carboxylic acids is 1. The van der Waals surface area contributed by atoms with Crippen molar-refractivity contribution in [3.8, 4) is 5.75 Å². The number of pyridine rings is 1. The molecule has 2 rings (SSSR count). The lowest BCUT2D eigenvalue weighted by atomic mass is 9.89. The predicted octanol–water partition coefficient (Wildman–Crippen LogP) is 3.56. The number of fused-ring (bicyclic) bond motifs is 1. The molecule has 0 fully saturated rings. The largest absolute Gasteiger partial charge is 0.494 e. The summed E-state index contributed by atoms with van der Waals surface area (Å²) in [7, 11) is 1.62. The van der Waals surface area contributed by atoms with Crippen LogP contribution in [-0.2, 0) is 16.6 Å². The van der Waals surface area contributed by atoms with Crippen LogP contribution in [0.1, 0.15) is 38.4 Å². The lowest BCUT2D eigenvalue weighted by molar-refractivity contribution is -0.136. The number of nitrogens with zero attached hydrogens (tertiary/aromatic N) is 1. The Morgan fingerprint density at radius 3 is 2.62 bits per heavy atom. The van der Waals surface area contributed by atoms with E-state index in [0.29, 0.717) is 6.42 Å². The van der Waals surface area contributed by atoms with E-state index in [2.05, 4.69) is 20.8 Å². The first-order valence-corrected chi connectivity index (χ1v) is 7.02. The minimum Gasteiger partial charge on any atom is -0.494 e. The van der Waals surface area contributed by atoms with Gasteiger partial charge >= 0.3 is 5.97 Å². The number of para-hydroxylation sites is 1. The number of rotatable bonds is 4. The molecule has 0 radical (unpaired) electrons. The van der Waals surface area contributed by atoms with Crippen LogP contribution in [-0.4, -0.2) is 23.2 Å². The molecule has 0 spiro atoms. The Balaban J connectivity index is 2.66. The molecule has 0 saturated carbocycles. The Kier molecular flexibility index (Phi) is 4.16. The van der Waals surface area contributed by atoms with Crippen LogP contribution >= 0.6 is 0 Å².